The van der Waals surface area contributed by atoms with E-state index in [-0.39, 0.29) is 23.5 Å². The van der Waals surface area contributed by atoms with Crippen molar-refractivity contribution in [2.24, 2.45) is 0 Å². The van der Waals surface area contributed by atoms with E-state index in [1.807, 2.05) is 23.1 Å². The molecule has 2 amide bonds. The second-order valence-electron chi connectivity index (χ2n) is 8.81. The summed E-state index contributed by atoms with van der Waals surface area (Å²) in [4.78, 5) is 43.6. The maximum atomic E-state index is 13.3. The molecule has 0 unspecified atom stereocenters. The minimum Gasteiger partial charge on any atom is -0.338 e. The summed E-state index contributed by atoms with van der Waals surface area (Å²) in [5, 5.41) is 13.0. The van der Waals surface area contributed by atoms with E-state index in [2.05, 4.69) is 28.5 Å². The van der Waals surface area contributed by atoms with Gasteiger partial charge >= 0.3 is 0 Å². The minimum atomic E-state index is -0.484. The summed E-state index contributed by atoms with van der Waals surface area (Å²) in [7, 11) is 0. The number of nitro benzene ring substituents is 1. The number of amides is 2. The molecule has 9 heteroatoms. The topological polar surface area (TPSA) is 87.0 Å². The summed E-state index contributed by atoms with van der Waals surface area (Å²) in [6, 6.07) is 18.2. The highest BCUT2D eigenvalue weighted by molar-refractivity contribution is 7.10. The van der Waals surface area contributed by atoms with Gasteiger partial charge in [0.15, 0.2) is 0 Å². The highest BCUT2D eigenvalue weighted by Crippen LogP contribution is 2.37. The van der Waals surface area contributed by atoms with Gasteiger partial charge < -0.3 is 9.80 Å². The van der Waals surface area contributed by atoms with Crippen LogP contribution in [-0.4, -0.2) is 70.7 Å². The lowest BCUT2D eigenvalue weighted by Gasteiger charge is -2.39. The predicted molar refractivity (Wildman–Crippen MR) is 133 cm³/mol. The van der Waals surface area contributed by atoms with Crippen LogP contribution in [0.25, 0.3) is 0 Å². The monoisotopic (exact) mass is 490 g/mol. The fourth-order valence-electron chi connectivity index (χ4n) is 4.91. The SMILES string of the molecule is O=C(CN1CCc2sccc2[C@@H]1c1ccccc1)N1CCN(C(=O)c2ccc([N+](=O)[O-])cc2)CC1. The van der Waals surface area contributed by atoms with Gasteiger partial charge in [-0.15, -0.1) is 11.3 Å². The van der Waals surface area contributed by atoms with Crippen molar-refractivity contribution in [3.8, 4) is 0 Å². The molecular formula is C26H26N4O4S. The first-order chi connectivity index (χ1) is 17.0. The van der Waals surface area contributed by atoms with Gasteiger partial charge in [0.25, 0.3) is 11.6 Å². The molecule has 2 aromatic carbocycles. The van der Waals surface area contributed by atoms with Crippen molar-refractivity contribution >= 4 is 28.8 Å². The number of nitro groups is 1. The highest BCUT2D eigenvalue weighted by atomic mass is 32.1. The van der Waals surface area contributed by atoms with Crippen molar-refractivity contribution < 1.29 is 14.5 Å². The van der Waals surface area contributed by atoms with E-state index in [0.717, 1.165) is 13.0 Å². The molecule has 1 fully saturated rings. The summed E-state index contributed by atoms with van der Waals surface area (Å²) in [6.07, 6.45) is 0.946. The number of piperazine rings is 1. The molecule has 0 radical (unpaired) electrons. The molecule has 0 bridgehead atoms. The fraction of sp³-hybridized carbons (Fsp3) is 0.308. The summed E-state index contributed by atoms with van der Waals surface area (Å²) in [6.45, 7) is 3.01. The standard InChI is InChI=1S/C26H26N4O4S/c31-24(18-29-12-10-23-22(11-17-35-23)25(29)19-4-2-1-3-5-19)27-13-15-28(16-14-27)26(32)20-6-8-21(9-7-20)30(33)34/h1-9,11,17,25H,10,12-16,18H2/t25-/m0/s1. The molecule has 0 aliphatic carbocycles. The lowest BCUT2D eigenvalue weighted by molar-refractivity contribution is -0.384. The van der Waals surface area contributed by atoms with E-state index in [0.29, 0.717) is 38.3 Å². The molecule has 0 N–H and O–H groups in total. The summed E-state index contributed by atoms with van der Waals surface area (Å²) in [5.41, 5.74) is 2.86. The summed E-state index contributed by atoms with van der Waals surface area (Å²) >= 11 is 1.78. The van der Waals surface area contributed by atoms with Gasteiger partial charge in [0.2, 0.25) is 5.91 Å². The average Bonchev–Trinajstić information content (AvgIpc) is 3.37. The van der Waals surface area contributed by atoms with Crippen molar-refractivity contribution in [3.63, 3.8) is 0 Å². The number of thiophene rings is 1. The van der Waals surface area contributed by atoms with E-state index < -0.39 is 4.92 Å². The lowest BCUT2D eigenvalue weighted by Crippen LogP contribution is -2.53. The van der Waals surface area contributed by atoms with E-state index in [4.69, 9.17) is 0 Å². The van der Waals surface area contributed by atoms with Crippen LogP contribution in [0.2, 0.25) is 0 Å². The van der Waals surface area contributed by atoms with Crippen molar-refractivity contribution in [1.29, 1.82) is 0 Å². The number of rotatable bonds is 5. The first kappa shape index (κ1) is 23.2. The second-order valence-corrected chi connectivity index (χ2v) is 9.81. The Balaban J connectivity index is 1.22. The Bertz CT molecular complexity index is 1220. The van der Waals surface area contributed by atoms with Gasteiger partial charge in [-0.3, -0.25) is 24.6 Å². The van der Waals surface area contributed by atoms with Gasteiger partial charge in [-0.05, 0) is 41.1 Å². The van der Waals surface area contributed by atoms with Gasteiger partial charge in [-0.25, -0.2) is 0 Å². The Morgan fingerprint density at radius 2 is 1.60 bits per heavy atom. The molecule has 2 aliphatic heterocycles. The largest absolute Gasteiger partial charge is 0.338 e. The molecule has 35 heavy (non-hydrogen) atoms. The second kappa shape index (κ2) is 9.97. The Hall–Kier alpha value is -3.56. The molecule has 1 atom stereocenters. The van der Waals surface area contributed by atoms with Crippen molar-refractivity contribution in [3.05, 3.63) is 97.7 Å². The Labute approximate surface area is 207 Å². The summed E-state index contributed by atoms with van der Waals surface area (Å²) in [5.74, 6) is -0.0933. The van der Waals surface area contributed by atoms with Gasteiger partial charge in [0.05, 0.1) is 17.5 Å². The van der Waals surface area contributed by atoms with Crippen LogP contribution in [0, 0.1) is 10.1 Å². The first-order valence-electron chi connectivity index (χ1n) is 11.7. The van der Waals surface area contributed by atoms with Crippen LogP contribution in [-0.2, 0) is 11.2 Å². The number of carbonyl (C=O) groups is 2. The molecule has 8 nitrogen and oxygen atoms in total. The number of nitrogens with zero attached hydrogens (tertiary/aromatic N) is 4. The fourth-order valence-corrected chi connectivity index (χ4v) is 5.81. The Kier molecular flexibility index (Phi) is 6.61. The third kappa shape index (κ3) is 4.82. The predicted octanol–water partition coefficient (Wildman–Crippen LogP) is 3.59. The number of fused-ring (bicyclic) bond motifs is 1. The molecule has 1 saturated heterocycles. The Morgan fingerprint density at radius 1 is 0.914 bits per heavy atom. The normalized spacial score (nSPS) is 18.2. The van der Waals surface area contributed by atoms with Crippen LogP contribution < -0.4 is 0 Å². The number of hydrogen-bond donors (Lipinski definition) is 0. The van der Waals surface area contributed by atoms with Crippen molar-refractivity contribution in [2.45, 2.75) is 12.5 Å². The van der Waals surface area contributed by atoms with Crippen LogP contribution in [0.1, 0.15) is 32.4 Å². The molecule has 3 heterocycles. The molecule has 3 aromatic rings. The minimum absolute atomic E-state index is 0.0435. The molecule has 0 saturated carbocycles. The van der Waals surface area contributed by atoms with Gasteiger partial charge in [-0.1, -0.05) is 30.3 Å². The number of hydrogen-bond acceptors (Lipinski definition) is 6. The third-order valence-corrected chi connectivity index (χ3v) is 7.76. The molecule has 5 rings (SSSR count). The molecule has 2 aliphatic rings. The maximum absolute atomic E-state index is 13.3. The average molecular weight is 491 g/mol. The number of non-ortho nitro benzene ring substituents is 1. The smallest absolute Gasteiger partial charge is 0.269 e. The lowest BCUT2D eigenvalue weighted by atomic mass is 9.93. The Morgan fingerprint density at radius 3 is 2.29 bits per heavy atom. The van der Waals surface area contributed by atoms with Crippen LogP contribution >= 0.6 is 11.3 Å². The maximum Gasteiger partial charge on any atom is 0.269 e. The van der Waals surface area contributed by atoms with Gasteiger partial charge in [0, 0.05) is 55.3 Å². The first-order valence-corrected chi connectivity index (χ1v) is 12.6. The van der Waals surface area contributed by atoms with Crippen LogP contribution in [0.3, 0.4) is 0 Å². The number of benzene rings is 2. The van der Waals surface area contributed by atoms with Gasteiger partial charge in [-0.2, -0.15) is 0 Å². The van der Waals surface area contributed by atoms with Crippen molar-refractivity contribution in [2.75, 3.05) is 39.3 Å². The zero-order valence-corrected chi connectivity index (χ0v) is 20.0. The van der Waals surface area contributed by atoms with E-state index in [9.17, 15) is 19.7 Å². The quantitative estimate of drug-likeness (QED) is 0.403. The third-order valence-electron chi connectivity index (χ3n) is 6.76. The van der Waals surface area contributed by atoms with Crippen LogP contribution in [0.4, 0.5) is 5.69 Å². The van der Waals surface area contributed by atoms with Gasteiger partial charge in [0.1, 0.15) is 0 Å². The summed E-state index contributed by atoms with van der Waals surface area (Å²) < 4.78 is 0. The van der Waals surface area contributed by atoms with E-state index in [1.54, 1.807) is 16.2 Å². The van der Waals surface area contributed by atoms with Crippen molar-refractivity contribution in [1.82, 2.24) is 14.7 Å². The molecule has 180 valence electrons. The molecule has 0 spiro atoms. The van der Waals surface area contributed by atoms with Crippen LogP contribution in [0.5, 0.6) is 0 Å². The molecular weight excluding hydrogens is 464 g/mol. The zero-order chi connectivity index (χ0) is 24.4. The molecule has 1 aromatic heterocycles. The van der Waals surface area contributed by atoms with E-state index >= 15 is 0 Å². The van der Waals surface area contributed by atoms with Crippen LogP contribution in [0.15, 0.2) is 66.0 Å². The number of carbonyl (C=O) groups excluding carboxylic acids is 2. The zero-order valence-electron chi connectivity index (χ0n) is 19.2. The highest BCUT2D eigenvalue weighted by Gasteiger charge is 2.33. The van der Waals surface area contributed by atoms with E-state index in [1.165, 1.54) is 40.3 Å².